The minimum Gasteiger partial charge on any atom is -0.456 e. The van der Waals surface area contributed by atoms with Gasteiger partial charge in [-0.1, -0.05) is 149 Å². The van der Waals surface area contributed by atoms with Crippen LogP contribution in [0.4, 0.5) is 4.39 Å². The Labute approximate surface area is 212 Å². The zero-order chi connectivity index (χ0) is 25.5. The van der Waals surface area contributed by atoms with Crippen molar-refractivity contribution in [3.8, 4) is 0 Å². The number of halogens is 1. The monoisotopic (exact) mass is 482 g/mol. The Morgan fingerprint density at radius 3 is 1.26 bits per heavy atom. The Bertz CT molecular complexity index is 490. The fourth-order valence-electron chi connectivity index (χ4n) is 4.71. The first-order valence-corrected chi connectivity index (χ1v) is 14.9. The molecule has 0 aromatic rings. The van der Waals surface area contributed by atoms with Crippen molar-refractivity contribution in [3.05, 3.63) is 12.2 Å². The summed E-state index contributed by atoms with van der Waals surface area (Å²) in [6.45, 7) is 11.4. The van der Waals surface area contributed by atoms with E-state index in [0.29, 0.717) is 18.4 Å². The van der Waals surface area contributed by atoms with Crippen LogP contribution >= 0.6 is 0 Å². The lowest BCUT2D eigenvalue weighted by atomic mass is 9.87. The highest BCUT2D eigenvalue weighted by Gasteiger charge is 2.38. The fraction of sp³-hybridized carbons (Fsp3) is 0.903. The lowest BCUT2D eigenvalue weighted by Crippen LogP contribution is -2.39. The second-order valence-electron chi connectivity index (χ2n) is 10.7. The first kappa shape index (κ1) is 33.1. The number of carbonyl (C=O) groups excluding carboxylic acids is 1. The largest absolute Gasteiger partial charge is 0.456 e. The highest BCUT2D eigenvalue weighted by atomic mass is 19.1. The van der Waals surface area contributed by atoms with Crippen LogP contribution in [-0.2, 0) is 9.53 Å². The summed E-state index contributed by atoms with van der Waals surface area (Å²) >= 11 is 0. The van der Waals surface area contributed by atoms with Crippen LogP contribution < -0.4 is 0 Å². The maximum Gasteiger partial charge on any atom is 0.333 e. The molecule has 0 bridgehead atoms. The van der Waals surface area contributed by atoms with Crippen LogP contribution in [0.3, 0.4) is 0 Å². The number of esters is 1. The van der Waals surface area contributed by atoms with Gasteiger partial charge < -0.3 is 4.74 Å². The molecule has 0 amide bonds. The highest BCUT2D eigenvalue weighted by Crippen LogP contribution is 2.33. The average Bonchev–Trinajstić information content (AvgIpc) is 2.81. The van der Waals surface area contributed by atoms with Crippen LogP contribution in [-0.4, -0.2) is 17.7 Å². The Morgan fingerprint density at radius 2 is 0.971 bits per heavy atom. The molecule has 0 heterocycles. The summed E-state index contributed by atoms with van der Waals surface area (Å²) in [7, 11) is 0. The smallest absolute Gasteiger partial charge is 0.333 e. The van der Waals surface area contributed by atoms with Crippen LogP contribution in [0.1, 0.15) is 169 Å². The first-order valence-electron chi connectivity index (χ1n) is 14.9. The van der Waals surface area contributed by atoms with E-state index in [2.05, 4.69) is 20.4 Å². The zero-order valence-electron chi connectivity index (χ0n) is 23.5. The number of hydrogen-bond donors (Lipinski definition) is 0. The van der Waals surface area contributed by atoms with E-state index in [1.54, 1.807) is 13.8 Å². The third-order valence-electron chi connectivity index (χ3n) is 7.25. The molecule has 0 rings (SSSR count). The van der Waals surface area contributed by atoms with Crippen LogP contribution in [0, 0.1) is 0 Å². The highest BCUT2D eigenvalue weighted by molar-refractivity contribution is 5.87. The second-order valence-corrected chi connectivity index (χ2v) is 10.7. The molecule has 0 aliphatic carbocycles. The number of alkyl halides is 1. The van der Waals surface area contributed by atoms with Crippen molar-refractivity contribution in [2.75, 3.05) is 0 Å². The van der Waals surface area contributed by atoms with Crippen molar-refractivity contribution in [2.24, 2.45) is 0 Å². The van der Waals surface area contributed by atoms with Crippen molar-refractivity contribution in [1.29, 1.82) is 0 Å². The van der Waals surface area contributed by atoms with Gasteiger partial charge in [0.25, 0.3) is 0 Å². The molecule has 0 aromatic heterocycles. The van der Waals surface area contributed by atoms with E-state index >= 15 is 4.39 Å². The third-order valence-corrected chi connectivity index (χ3v) is 7.25. The quantitative estimate of drug-likeness (QED) is 0.0734. The van der Waals surface area contributed by atoms with Gasteiger partial charge >= 0.3 is 5.97 Å². The third kappa shape index (κ3) is 18.5. The Hall–Kier alpha value is -0.860. The molecule has 0 spiro atoms. The van der Waals surface area contributed by atoms with Crippen molar-refractivity contribution < 1.29 is 13.9 Å². The Morgan fingerprint density at radius 1 is 0.676 bits per heavy atom. The van der Waals surface area contributed by atoms with Gasteiger partial charge in [-0.05, 0) is 26.7 Å². The molecule has 3 heteroatoms. The van der Waals surface area contributed by atoms with Gasteiger partial charge in [-0.2, -0.15) is 0 Å². The van der Waals surface area contributed by atoms with Gasteiger partial charge in [-0.3, -0.25) is 0 Å². The van der Waals surface area contributed by atoms with E-state index in [-0.39, 0.29) is 0 Å². The van der Waals surface area contributed by atoms with E-state index in [4.69, 9.17) is 4.74 Å². The molecule has 0 saturated heterocycles. The normalized spacial score (nSPS) is 14.0. The van der Waals surface area contributed by atoms with Gasteiger partial charge in [0, 0.05) is 5.57 Å². The van der Waals surface area contributed by atoms with E-state index in [1.165, 1.54) is 96.3 Å². The number of ether oxygens (including phenoxy) is 1. The van der Waals surface area contributed by atoms with Crippen LogP contribution in [0.15, 0.2) is 12.2 Å². The minimum atomic E-state index is -1.42. The Balaban J connectivity index is 4.02. The molecule has 0 radical (unpaired) electrons. The molecule has 2 atom stereocenters. The molecule has 34 heavy (non-hydrogen) atoms. The summed E-state index contributed by atoms with van der Waals surface area (Å²) in [5.74, 6) is -0.475. The van der Waals surface area contributed by atoms with Gasteiger partial charge in [0.05, 0.1) is 0 Å². The molecule has 0 fully saturated rings. The molecular formula is C31H59FO2. The summed E-state index contributed by atoms with van der Waals surface area (Å²) in [5, 5.41) is 0. The van der Waals surface area contributed by atoms with E-state index < -0.39 is 17.7 Å². The second kappa shape index (κ2) is 22.6. The fourth-order valence-corrected chi connectivity index (χ4v) is 4.71. The number of hydrogen-bond acceptors (Lipinski definition) is 2. The zero-order valence-corrected chi connectivity index (χ0v) is 23.5. The van der Waals surface area contributed by atoms with E-state index in [1.807, 2.05) is 0 Å². The van der Waals surface area contributed by atoms with Crippen molar-refractivity contribution in [3.63, 3.8) is 0 Å². The van der Waals surface area contributed by atoms with Gasteiger partial charge in [0.2, 0.25) is 0 Å². The molecule has 0 saturated carbocycles. The standard InChI is InChI=1S/C31H59FO2/c1-6-8-10-12-13-14-15-16-17-18-19-20-21-23-25-27-31(32,26-24-22-11-9-7-2)29(5)34-30(33)28(3)4/h29H,3,6-27H2,1-2,4-5H3. The maximum atomic E-state index is 15.9. The predicted octanol–water partition coefficient (Wildman–Crippen LogP) is 10.8. The lowest BCUT2D eigenvalue weighted by Gasteiger charge is -2.31. The van der Waals surface area contributed by atoms with E-state index in [9.17, 15) is 4.79 Å². The Kier molecular flexibility index (Phi) is 22.0. The number of unbranched alkanes of at least 4 members (excludes halogenated alkanes) is 18. The van der Waals surface area contributed by atoms with Gasteiger partial charge in [0.15, 0.2) is 0 Å². The first-order chi connectivity index (χ1) is 16.4. The van der Waals surface area contributed by atoms with Crippen molar-refractivity contribution in [1.82, 2.24) is 0 Å². The molecule has 0 aromatic carbocycles. The summed E-state index contributed by atoms with van der Waals surface area (Å²) in [5.41, 5.74) is -1.09. The molecule has 0 aliphatic rings. The van der Waals surface area contributed by atoms with Gasteiger partial charge in [0.1, 0.15) is 11.8 Å². The average molecular weight is 483 g/mol. The number of rotatable bonds is 25. The lowest BCUT2D eigenvalue weighted by molar-refractivity contribution is -0.152. The summed E-state index contributed by atoms with van der Waals surface area (Å²) < 4.78 is 21.3. The SMILES string of the molecule is C=C(C)C(=O)OC(C)C(F)(CCCCCCC)CCCCCCCCCCCCCCCCC. The van der Waals surface area contributed by atoms with Crippen LogP contribution in [0.5, 0.6) is 0 Å². The summed E-state index contributed by atoms with van der Waals surface area (Å²) in [6.07, 6.45) is 25.3. The van der Waals surface area contributed by atoms with Crippen molar-refractivity contribution in [2.45, 2.75) is 181 Å². The molecule has 202 valence electrons. The molecular weight excluding hydrogens is 423 g/mol. The molecule has 0 N–H and O–H groups in total. The van der Waals surface area contributed by atoms with Crippen LogP contribution in [0.25, 0.3) is 0 Å². The van der Waals surface area contributed by atoms with Gasteiger partial charge in [-0.15, -0.1) is 0 Å². The topological polar surface area (TPSA) is 26.3 Å². The minimum absolute atomic E-state index is 0.337. The molecule has 0 aliphatic heterocycles. The van der Waals surface area contributed by atoms with Crippen LogP contribution in [0.2, 0.25) is 0 Å². The maximum absolute atomic E-state index is 15.9. The summed E-state index contributed by atoms with van der Waals surface area (Å²) in [4.78, 5) is 11.9. The number of carbonyl (C=O) groups is 1. The van der Waals surface area contributed by atoms with Crippen molar-refractivity contribution >= 4 is 5.97 Å². The summed E-state index contributed by atoms with van der Waals surface area (Å²) in [6, 6.07) is 0. The van der Waals surface area contributed by atoms with E-state index in [0.717, 1.165) is 32.1 Å². The molecule has 2 nitrogen and oxygen atoms in total. The molecule has 2 unspecified atom stereocenters. The predicted molar refractivity (Wildman–Crippen MR) is 147 cm³/mol. The van der Waals surface area contributed by atoms with Gasteiger partial charge in [-0.25, -0.2) is 9.18 Å².